The minimum absolute atomic E-state index is 0. The largest absolute Gasteiger partial charge is 0.330 e. The van der Waals surface area contributed by atoms with E-state index in [0.717, 1.165) is 0 Å². The van der Waals surface area contributed by atoms with E-state index in [1.54, 1.807) is 0 Å². The van der Waals surface area contributed by atoms with Crippen molar-refractivity contribution in [3.8, 4) is 0 Å². The van der Waals surface area contributed by atoms with E-state index in [1.165, 1.54) is 18.2 Å². The van der Waals surface area contributed by atoms with Crippen LogP contribution in [-0.4, -0.2) is 11.5 Å². The number of halogens is 2. The normalized spacial score (nSPS) is 11.7. The molecule has 1 rings (SSSR count). The van der Waals surface area contributed by atoms with Crippen LogP contribution in [0.4, 0.5) is 5.69 Å². The number of nitro benzene ring substituents is 1. The van der Waals surface area contributed by atoms with E-state index >= 15 is 0 Å². The molecule has 0 aliphatic carbocycles. The number of non-ortho nitro benzene ring substituents is 1. The molecule has 0 aliphatic rings. The maximum absolute atomic E-state index is 10.5. The van der Waals surface area contributed by atoms with Crippen LogP contribution in [0.1, 0.15) is 18.0 Å². The highest BCUT2D eigenvalue weighted by Gasteiger charge is 2.14. The van der Waals surface area contributed by atoms with Crippen LogP contribution in [0.3, 0.4) is 0 Å². The molecule has 4 N–H and O–H groups in total. The molecule has 0 saturated heterocycles. The van der Waals surface area contributed by atoms with Gasteiger partial charge in [-0.25, -0.2) is 0 Å². The van der Waals surface area contributed by atoms with Gasteiger partial charge in [0, 0.05) is 23.2 Å². The van der Waals surface area contributed by atoms with E-state index < -0.39 is 4.92 Å². The van der Waals surface area contributed by atoms with Gasteiger partial charge in [-0.1, -0.05) is 11.6 Å². The van der Waals surface area contributed by atoms with Gasteiger partial charge in [-0.15, -0.1) is 12.4 Å². The Hall–Kier alpha value is -0.880. The molecule has 16 heavy (non-hydrogen) atoms. The van der Waals surface area contributed by atoms with Gasteiger partial charge in [0.25, 0.3) is 5.69 Å². The van der Waals surface area contributed by atoms with E-state index in [2.05, 4.69) is 0 Å². The molecule has 1 atom stereocenters. The van der Waals surface area contributed by atoms with Crippen molar-refractivity contribution in [2.75, 3.05) is 6.54 Å². The van der Waals surface area contributed by atoms with Crippen LogP contribution in [0.15, 0.2) is 18.2 Å². The Labute approximate surface area is 104 Å². The van der Waals surface area contributed by atoms with Crippen LogP contribution in [0.2, 0.25) is 5.02 Å². The number of rotatable bonds is 4. The summed E-state index contributed by atoms with van der Waals surface area (Å²) in [6, 6.07) is 3.86. The topological polar surface area (TPSA) is 95.2 Å². The third-order valence-corrected chi connectivity index (χ3v) is 2.41. The zero-order valence-corrected chi connectivity index (χ0v) is 10.0. The van der Waals surface area contributed by atoms with E-state index in [9.17, 15) is 10.1 Å². The van der Waals surface area contributed by atoms with Gasteiger partial charge in [0.15, 0.2) is 0 Å². The Bertz CT molecular complexity index is 374. The van der Waals surface area contributed by atoms with Crippen molar-refractivity contribution in [2.45, 2.75) is 12.5 Å². The molecular weight excluding hydrogens is 253 g/mol. The summed E-state index contributed by atoms with van der Waals surface area (Å²) in [5.74, 6) is 0. The number of hydrogen-bond donors (Lipinski definition) is 2. The van der Waals surface area contributed by atoms with Gasteiger partial charge >= 0.3 is 0 Å². The van der Waals surface area contributed by atoms with Crippen molar-refractivity contribution in [1.29, 1.82) is 0 Å². The molecule has 0 bridgehead atoms. The molecule has 7 heteroatoms. The number of nitrogens with two attached hydrogens (primary N) is 2. The summed E-state index contributed by atoms with van der Waals surface area (Å²) in [6.45, 7) is 0.417. The second-order valence-corrected chi connectivity index (χ2v) is 3.55. The van der Waals surface area contributed by atoms with Gasteiger partial charge < -0.3 is 11.5 Å². The lowest BCUT2D eigenvalue weighted by Gasteiger charge is -2.11. The molecule has 0 spiro atoms. The number of benzene rings is 1. The quantitative estimate of drug-likeness (QED) is 0.643. The van der Waals surface area contributed by atoms with E-state index in [0.29, 0.717) is 23.6 Å². The summed E-state index contributed by atoms with van der Waals surface area (Å²) in [5, 5.41) is 11.0. The highest BCUT2D eigenvalue weighted by atomic mass is 35.5. The molecule has 0 heterocycles. The smallest absolute Gasteiger partial charge is 0.269 e. The molecule has 1 aromatic carbocycles. The lowest BCUT2D eigenvalue weighted by Crippen LogP contribution is -2.15. The monoisotopic (exact) mass is 265 g/mol. The van der Waals surface area contributed by atoms with Crippen LogP contribution in [-0.2, 0) is 0 Å². The summed E-state index contributed by atoms with van der Waals surface area (Å²) >= 11 is 5.89. The van der Waals surface area contributed by atoms with Gasteiger partial charge in [0.2, 0.25) is 0 Å². The second-order valence-electron chi connectivity index (χ2n) is 3.15. The molecule has 0 fully saturated rings. The minimum atomic E-state index is -0.477. The highest BCUT2D eigenvalue weighted by Crippen LogP contribution is 2.27. The van der Waals surface area contributed by atoms with Crippen molar-refractivity contribution in [3.05, 3.63) is 38.9 Å². The Morgan fingerprint density at radius 3 is 2.62 bits per heavy atom. The molecule has 5 nitrogen and oxygen atoms in total. The zero-order chi connectivity index (χ0) is 11.4. The summed E-state index contributed by atoms with van der Waals surface area (Å²) in [6.07, 6.45) is 0.543. The third-order valence-electron chi connectivity index (χ3n) is 2.07. The lowest BCUT2D eigenvalue weighted by molar-refractivity contribution is -0.384. The molecule has 0 unspecified atom stereocenters. The van der Waals surface area contributed by atoms with Gasteiger partial charge in [-0.2, -0.15) is 0 Å². The molecule has 0 aliphatic heterocycles. The molecule has 0 amide bonds. The van der Waals surface area contributed by atoms with Crippen LogP contribution in [0.5, 0.6) is 0 Å². The van der Waals surface area contributed by atoms with Crippen LogP contribution in [0.25, 0.3) is 0 Å². The molecule has 0 aromatic heterocycles. The number of hydrogen-bond acceptors (Lipinski definition) is 4. The van der Waals surface area contributed by atoms with Gasteiger partial charge in [-0.3, -0.25) is 10.1 Å². The summed E-state index contributed by atoms with van der Waals surface area (Å²) in [5.41, 5.74) is 11.7. The maximum Gasteiger partial charge on any atom is 0.269 e. The first-order chi connectivity index (χ1) is 7.06. The van der Waals surface area contributed by atoms with Crippen molar-refractivity contribution >= 4 is 29.7 Å². The van der Waals surface area contributed by atoms with E-state index in [1.807, 2.05) is 0 Å². The van der Waals surface area contributed by atoms with Gasteiger partial charge in [-0.05, 0) is 24.6 Å². The fourth-order valence-electron chi connectivity index (χ4n) is 1.26. The van der Waals surface area contributed by atoms with Crippen LogP contribution >= 0.6 is 24.0 Å². The molecule has 0 saturated carbocycles. The molecule has 1 aromatic rings. The Kier molecular flexibility index (Phi) is 6.28. The third kappa shape index (κ3) is 3.61. The zero-order valence-electron chi connectivity index (χ0n) is 8.43. The minimum Gasteiger partial charge on any atom is -0.330 e. The molecule has 90 valence electrons. The fraction of sp³-hybridized carbons (Fsp3) is 0.333. The molecule has 0 radical (unpaired) electrons. The second kappa shape index (κ2) is 6.65. The van der Waals surface area contributed by atoms with Gasteiger partial charge in [0.05, 0.1) is 4.92 Å². The first kappa shape index (κ1) is 15.1. The fourth-order valence-corrected chi connectivity index (χ4v) is 1.52. The standard InChI is InChI=1S/C9H12ClN3O2.ClH/c10-8-2-1-6(13(14)15)5-7(8)9(12)3-4-11;/h1-2,5,9H,3-4,11-12H2;1H/t9-;/m1./s1. The van der Waals surface area contributed by atoms with E-state index in [4.69, 9.17) is 23.1 Å². The van der Waals surface area contributed by atoms with Crippen molar-refractivity contribution in [1.82, 2.24) is 0 Å². The first-order valence-electron chi connectivity index (χ1n) is 4.45. The first-order valence-corrected chi connectivity index (χ1v) is 4.83. The maximum atomic E-state index is 10.5. The lowest BCUT2D eigenvalue weighted by atomic mass is 10.0. The van der Waals surface area contributed by atoms with Gasteiger partial charge in [0.1, 0.15) is 0 Å². The Morgan fingerprint density at radius 1 is 1.50 bits per heavy atom. The highest BCUT2D eigenvalue weighted by molar-refractivity contribution is 6.31. The van der Waals surface area contributed by atoms with Crippen molar-refractivity contribution < 1.29 is 4.92 Å². The summed E-state index contributed by atoms with van der Waals surface area (Å²) in [4.78, 5) is 10.1. The van der Waals surface area contributed by atoms with Crippen LogP contribution < -0.4 is 11.5 Å². The predicted molar refractivity (Wildman–Crippen MR) is 66.0 cm³/mol. The summed E-state index contributed by atoms with van der Waals surface area (Å²) < 4.78 is 0. The summed E-state index contributed by atoms with van der Waals surface area (Å²) in [7, 11) is 0. The molecular formula is C9H13Cl2N3O2. The Morgan fingerprint density at radius 2 is 2.12 bits per heavy atom. The SMILES string of the molecule is Cl.NCC[C@@H](N)c1cc([N+](=O)[O-])ccc1Cl. The average molecular weight is 266 g/mol. The van der Waals surface area contributed by atoms with Crippen LogP contribution in [0, 0.1) is 10.1 Å². The van der Waals surface area contributed by atoms with Crippen molar-refractivity contribution in [3.63, 3.8) is 0 Å². The average Bonchev–Trinajstić information content (AvgIpc) is 2.18. The predicted octanol–water partition coefficient (Wildman–Crippen LogP) is 2.02. The van der Waals surface area contributed by atoms with E-state index in [-0.39, 0.29) is 24.1 Å². The Balaban J connectivity index is 0.00000225. The van der Waals surface area contributed by atoms with Crippen molar-refractivity contribution in [2.24, 2.45) is 11.5 Å². The number of nitro groups is 1. The number of nitrogens with zero attached hydrogens (tertiary/aromatic N) is 1.